The maximum absolute atomic E-state index is 13.8. The second-order valence-corrected chi connectivity index (χ2v) is 17.1. The number of Topliss-reactive ketones (excluding diaryl/α,β-unsaturated/α-hetero) is 1. The first-order chi connectivity index (χ1) is 29.5. The molecule has 18 nitrogen and oxygen atoms in total. The monoisotopic (exact) mass is 890 g/mol. The summed E-state index contributed by atoms with van der Waals surface area (Å²) in [5.41, 5.74) is -3.94. The van der Waals surface area contributed by atoms with Crippen molar-refractivity contribution in [3.63, 3.8) is 0 Å². The number of methoxy groups -OCH3 is 1. The molecular formula is C44H51ClN6O12. The number of fused-ring (bicyclic) bond motifs is 1. The number of hydrogen-bond donors (Lipinski definition) is 0. The van der Waals surface area contributed by atoms with Gasteiger partial charge in [-0.25, -0.2) is 24.4 Å². The molecule has 0 spiro atoms. The second kappa shape index (κ2) is 18.7. The van der Waals surface area contributed by atoms with Gasteiger partial charge >= 0.3 is 24.1 Å². The van der Waals surface area contributed by atoms with Gasteiger partial charge in [0.15, 0.2) is 35.1 Å². The Balaban J connectivity index is 1.56. The molecule has 1 aliphatic rings. The molecule has 0 aliphatic carbocycles. The molecule has 3 aromatic heterocycles. The molecule has 0 bridgehead atoms. The number of hydrogen-bond acceptors (Lipinski definition) is 16. The summed E-state index contributed by atoms with van der Waals surface area (Å²) in [5.74, 6) is 0.377. The lowest BCUT2D eigenvalue weighted by molar-refractivity contribution is -0.182. The summed E-state index contributed by atoms with van der Waals surface area (Å²) in [6.07, 6.45) is 2.72. The molecule has 5 atom stereocenters. The molecule has 336 valence electrons. The Morgan fingerprint density at radius 1 is 0.968 bits per heavy atom. The van der Waals surface area contributed by atoms with E-state index in [-0.39, 0.29) is 30.0 Å². The summed E-state index contributed by atoms with van der Waals surface area (Å²) in [6.45, 7) is 14.7. The fourth-order valence-corrected chi connectivity index (χ4v) is 6.94. The molecule has 1 aromatic carbocycles. The number of terminal acetylenes is 1. The van der Waals surface area contributed by atoms with Gasteiger partial charge in [0.25, 0.3) is 0 Å². The molecule has 0 radical (unpaired) electrons. The molecule has 4 aromatic rings. The lowest BCUT2D eigenvalue weighted by atomic mass is 9.81. The number of rotatable bonds is 13. The highest BCUT2D eigenvalue weighted by Gasteiger charge is 2.58. The number of imidazole rings is 1. The van der Waals surface area contributed by atoms with Crippen LogP contribution in [0.5, 0.6) is 5.88 Å². The zero-order valence-electron chi connectivity index (χ0n) is 37.0. The van der Waals surface area contributed by atoms with Crippen molar-refractivity contribution in [1.82, 2.24) is 24.5 Å². The smallest absolute Gasteiger partial charge is 0.425 e. The number of anilines is 1. The Morgan fingerprint density at radius 2 is 1.60 bits per heavy atom. The fourth-order valence-electron chi connectivity index (χ4n) is 6.78. The van der Waals surface area contributed by atoms with Crippen LogP contribution in [0.15, 0.2) is 48.9 Å². The number of halogens is 1. The highest BCUT2D eigenvalue weighted by molar-refractivity contribution is 6.29. The number of amides is 2. The Labute approximate surface area is 369 Å². The molecule has 1 fully saturated rings. The maximum atomic E-state index is 13.8. The average Bonchev–Trinajstić information content (AvgIpc) is 3.73. The third-order valence-electron chi connectivity index (χ3n) is 9.78. The molecule has 1 unspecified atom stereocenters. The molecule has 0 saturated carbocycles. The highest BCUT2D eigenvalue weighted by Crippen LogP contribution is 2.47. The van der Waals surface area contributed by atoms with Crippen molar-refractivity contribution in [1.29, 1.82) is 0 Å². The van der Waals surface area contributed by atoms with Crippen LogP contribution in [0.25, 0.3) is 22.3 Å². The van der Waals surface area contributed by atoms with Crippen LogP contribution in [0.3, 0.4) is 0 Å². The van der Waals surface area contributed by atoms with E-state index in [1.807, 2.05) is 6.07 Å². The van der Waals surface area contributed by atoms with E-state index in [0.717, 1.165) is 11.1 Å². The number of esters is 2. The number of nitrogens with zero attached hydrogens (tertiary/aromatic N) is 6. The third-order valence-corrected chi connectivity index (χ3v) is 9.95. The highest BCUT2D eigenvalue weighted by atomic mass is 35.5. The van der Waals surface area contributed by atoms with Crippen LogP contribution in [-0.4, -0.2) is 104 Å². The van der Waals surface area contributed by atoms with Gasteiger partial charge in [0.05, 0.1) is 32.1 Å². The standard InChI is InChI=1S/C44H51ClN6O12/c1-13-43(11)30(23-59-44(25(3)52,37(54)58-14-2)22-27-17-19-28(20-18-27)29-16-15-21-46-35(29)57-12)61-36(32(43)60-26(4)53)50-24-47-31-33(50)48-38(45)49-34(31)51(39(55)62-41(5,6)7)40(56)63-42(8,9)10/h1,15-21,24,30,32,36H,14,22-23H2,2-12H3/t30-,32+,36-,43+,44?/m1/s1. The predicted molar refractivity (Wildman–Crippen MR) is 228 cm³/mol. The van der Waals surface area contributed by atoms with E-state index in [0.29, 0.717) is 16.3 Å². The van der Waals surface area contributed by atoms with Gasteiger partial charge in [-0.1, -0.05) is 30.2 Å². The quantitative estimate of drug-likeness (QED) is 0.0442. The zero-order valence-corrected chi connectivity index (χ0v) is 37.8. The van der Waals surface area contributed by atoms with E-state index >= 15 is 0 Å². The number of ketones is 1. The first-order valence-corrected chi connectivity index (χ1v) is 20.2. The first kappa shape index (κ1) is 47.9. The van der Waals surface area contributed by atoms with Crippen molar-refractivity contribution < 1.29 is 57.1 Å². The SMILES string of the molecule is C#C[C@@]1(C)[C@@H](COC(Cc2ccc(-c3cccnc3OC)cc2)(C(C)=O)C(=O)OCC)O[C@@H](n2cnc3c(N(C(=O)OC(C)(C)C)C(=O)OC(C)(C)C)nc(Cl)nc32)[C@@H]1OC(C)=O. The van der Waals surface area contributed by atoms with Crippen LogP contribution in [0.2, 0.25) is 5.28 Å². The average molecular weight is 891 g/mol. The number of imide groups is 1. The molecule has 1 aliphatic heterocycles. The van der Waals surface area contributed by atoms with Crippen molar-refractivity contribution in [3.8, 4) is 29.4 Å². The van der Waals surface area contributed by atoms with E-state index in [1.165, 1.54) is 31.9 Å². The van der Waals surface area contributed by atoms with Gasteiger partial charge in [-0.3, -0.25) is 14.2 Å². The Hall–Kier alpha value is -6.16. The van der Waals surface area contributed by atoms with Crippen LogP contribution in [-0.2, 0) is 49.2 Å². The Kier molecular flexibility index (Phi) is 14.2. The van der Waals surface area contributed by atoms with Crippen LogP contribution < -0.4 is 9.64 Å². The van der Waals surface area contributed by atoms with Gasteiger partial charge < -0.3 is 33.2 Å². The van der Waals surface area contributed by atoms with Gasteiger partial charge in [0.2, 0.25) is 16.8 Å². The van der Waals surface area contributed by atoms with Gasteiger partial charge in [-0.15, -0.1) is 6.42 Å². The van der Waals surface area contributed by atoms with E-state index < -0.39 is 82.5 Å². The summed E-state index contributed by atoms with van der Waals surface area (Å²) in [6, 6.07) is 10.7. The fraction of sp³-hybridized carbons (Fsp3) is 0.477. The first-order valence-electron chi connectivity index (χ1n) is 19.9. The number of pyridine rings is 1. The number of benzene rings is 1. The minimum absolute atomic E-state index is 0.0606. The van der Waals surface area contributed by atoms with E-state index in [2.05, 4.69) is 25.9 Å². The summed E-state index contributed by atoms with van der Waals surface area (Å²) >= 11 is 6.46. The molecular weight excluding hydrogens is 840 g/mol. The minimum atomic E-state index is -2.18. The molecule has 1 saturated heterocycles. The number of carbonyl (C=O) groups is 5. The molecule has 5 rings (SSSR count). The van der Waals surface area contributed by atoms with Gasteiger partial charge in [-0.05, 0) is 97.2 Å². The third kappa shape index (κ3) is 10.4. The lowest BCUT2D eigenvalue weighted by Crippen LogP contribution is -2.53. The van der Waals surface area contributed by atoms with Crippen molar-refractivity contribution in [2.24, 2.45) is 5.41 Å². The Morgan fingerprint density at radius 3 is 2.14 bits per heavy atom. The summed E-state index contributed by atoms with van der Waals surface area (Å²) in [4.78, 5) is 85.2. The van der Waals surface area contributed by atoms with E-state index in [4.69, 9.17) is 51.2 Å². The zero-order chi connectivity index (χ0) is 46.7. The normalized spacial score (nSPS) is 19.6. The second-order valence-electron chi connectivity index (χ2n) is 16.8. The lowest BCUT2D eigenvalue weighted by Gasteiger charge is -2.33. The van der Waals surface area contributed by atoms with Crippen LogP contribution in [0, 0.1) is 17.8 Å². The van der Waals surface area contributed by atoms with Gasteiger partial charge in [0.1, 0.15) is 17.3 Å². The predicted octanol–water partition coefficient (Wildman–Crippen LogP) is 6.85. The number of carbonyl (C=O) groups excluding carboxylic acids is 5. The largest absolute Gasteiger partial charge is 0.481 e. The maximum Gasteiger partial charge on any atom is 0.425 e. The van der Waals surface area contributed by atoms with Crippen molar-refractivity contribution in [2.45, 2.75) is 111 Å². The van der Waals surface area contributed by atoms with Crippen LogP contribution >= 0.6 is 11.6 Å². The van der Waals surface area contributed by atoms with E-state index in [1.54, 1.807) is 91.9 Å². The van der Waals surface area contributed by atoms with Crippen LogP contribution in [0.4, 0.5) is 15.4 Å². The molecule has 19 heteroatoms. The van der Waals surface area contributed by atoms with Crippen molar-refractivity contribution in [3.05, 3.63) is 59.8 Å². The van der Waals surface area contributed by atoms with E-state index in [9.17, 15) is 24.0 Å². The van der Waals surface area contributed by atoms with Gasteiger partial charge in [-0.2, -0.15) is 14.9 Å². The Bertz CT molecular complexity index is 2390. The summed E-state index contributed by atoms with van der Waals surface area (Å²) in [5, 5.41) is -0.425. The molecule has 2 amide bonds. The van der Waals surface area contributed by atoms with Crippen molar-refractivity contribution in [2.75, 3.05) is 25.2 Å². The minimum Gasteiger partial charge on any atom is -0.481 e. The number of aromatic nitrogens is 5. The molecule has 63 heavy (non-hydrogen) atoms. The summed E-state index contributed by atoms with van der Waals surface area (Å²) < 4.78 is 42.0. The molecule has 0 N–H and O–H groups in total. The van der Waals surface area contributed by atoms with Crippen LogP contribution in [0.1, 0.15) is 81.0 Å². The summed E-state index contributed by atoms with van der Waals surface area (Å²) in [7, 11) is 1.52. The van der Waals surface area contributed by atoms with Gasteiger partial charge in [0, 0.05) is 25.1 Å². The van der Waals surface area contributed by atoms with Crippen molar-refractivity contribution >= 4 is 58.5 Å². The topological polar surface area (TPSA) is 210 Å². The number of ether oxygens (including phenoxy) is 7. The molecule has 4 heterocycles.